The summed E-state index contributed by atoms with van der Waals surface area (Å²) in [6.45, 7) is -0.255. The summed E-state index contributed by atoms with van der Waals surface area (Å²) in [6.07, 6.45) is 0.558. The molecular weight excluding hydrogens is 265 g/mol. The summed E-state index contributed by atoms with van der Waals surface area (Å²) in [7, 11) is 1.68. The number of alkyl halides is 1. The second-order valence-electron chi connectivity index (χ2n) is 4.87. The Bertz CT molecular complexity index is 658. The van der Waals surface area contributed by atoms with Crippen molar-refractivity contribution in [1.29, 1.82) is 0 Å². The maximum absolute atomic E-state index is 13.5. The molecule has 1 aliphatic heterocycles. The number of rotatable bonds is 2. The SMILES string of the molecule is Cn1nnc2c(C(=O)N3CC(F)CC3CO)ccnc21. The van der Waals surface area contributed by atoms with E-state index in [9.17, 15) is 14.3 Å². The van der Waals surface area contributed by atoms with Gasteiger partial charge in [0.05, 0.1) is 24.8 Å². The van der Waals surface area contributed by atoms with Crippen molar-refractivity contribution in [1.82, 2.24) is 24.9 Å². The van der Waals surface area contributed by atoms with Crippen molar-refractivity contribution in [2.24, 2.45) is 7.05 Å². The molecule has 0 radical (unpaired) electrons. The zero-order valence-electron chi connectivity index (χ0n) is 10.9. The molecule has 2 aromatic rings. The quantitative estimate of drug-likeness (QED) is 0.830. The van der Waals surface area contributed by atoms with Crippen LogP contribution in [0.2, 0.25) is 0 Å². The van der Waals surface area contributed by atoms with Gasteiger partial charge in [0.25, 0.3) is 5.91 Å². The number of aliphatic hydroxyl groups is 1. The van der Waals surface area contributed by atoms with Crippen molar-refractivity contribution in [3.8, 4) is 0 Å². The van der Waals surface area contributed by atoms with Gasteiger partial charge in [0, 0.05) is 19.7 Å². The monoisotopic (exact) mass is 279 g/mol. The predicted octanol–water partition coefficient (Wildman–Crippen LogP) is -0.0918. The van der Waals surface area contributed by atoms with Gasteiger partial charge in [0.15, 0.2) is 5.65 Å². The number of carbonyl (C=O) groups excluding carboxylic acids is 1. The molecule has 7 nitrogen and oxygen atoms in total. The van der Waals surface area contributed by atoms with Crippen LogP contribution in [0.3, 0.4) is 0 Å². The van der Waals surface area contributed by atoms with Crippen molar-refractivity contribution in [3.05, 3.63) is 17.8 Å². The second kappa shape index (κ2) is 4.78. The Kier molecular flexibility index (Phi) is 3.09. The van der Waals surface area contributed by atoms with Gasteiger partial charge in [-0.1, -0.05) is 5.21 Å². The molecule has 1 N–H and O–H groups in total. The van der Waals surface area contributed by atoms with Crippen molar-refractivity contribution < 1.29 is 14.3 Å². The van der Waals surface area contributed by atoms with Gasteiger partial charge in [-0.25, -0.2) is 14.1 Å². The first-order chi connectivity index (χ1) is 9.61. The largest absolute Gasteiger partial charge is 0.394 e. The molecule has 0 aromatic carbocycles. The molecule has 0 spiro atoms. The minimum atomic E-state index is -1.10. The summed E-state index contributed by atoms with van der Waals surface area (Å²) < 4.78 is 14.9. The van der Waals surface area contributed by atoms with Crippen LogP contribution in [-0.2, 0) is 7.05 Å². The summed E-state index contributed by atoms with van der Waals surface area (Å²) in [6, 6.07) is 1.05. The van der Waals surface area contributed by atoms with Crippen LogP contribution in [0.1, 0.15) is 16.8 Å². The molecule has 0 bridgehead atoms. The van der Waals surface area contributed by atoms with E-state index in [2.05, 4.69) is 15.3 Å². The Balaban J connectivity index is 2.00. The Labute approximate surface area is 114 Å². The number of halogens is 1. The molecule has 1 amide bonds. The highest BCUT2D eigenvalue weighted by atomic mass is 19.1. The predicted molar refractivity (Wildman–Crippen MR) is 67.7 cm³/mol. The molecule has 8 heteroatoms. The lowest BCUT2D eigenvalue weighted by Gasteiger charge is -2.22. The van der Waals surface area contributed by atoms with Crippen molar-refractivity contribution in [2.75, 3.05) is 13.2 Å². The van der Waals surface area contributed by atoms with E-state index in [1.807, 2.05) is 0 Å². The van der Waals surface area contributed by atoms with Crippen molar-refractivity contribution in [2.45, 2.75) is 18.6 Å². The van der Waals surface area contributed by atoms with Crippen LogP contribution in [-0.4, -0.2) is 61.3 Å². The first kappa shape index (κ1) is 12.9. The maximum Gasteiger partial charge on any atom is 0.256 e. The Morgan fingerprint density at radius 1 is 1.60 bits per heavy atom. The second-order valence-corrected chi connectivity index (χ2v) is 4.87. The number of likely N-dealkylation sites (tertiary alicyclic amines) is 1. The molecule has 2 unspecified atom stereocenters. The van der Waals surface area contributed by atoms with E-state index < -0.39 is 12.2 Å². The normalized spacial score (nSPS) is 22.6. The van der Waals surface area contributed by atoms with E-state index in [0.717, 1.165) is 0 Å². The van der Waals surface area contributed by atoms with Crippen LogP contribution in [0.15, 0.2) is 12.3 Å². The number of nitrogens with zero attached hydrogens (tertiary/aromatic N) is 5. The van der Waals surface area contributed by atoms with Crippen LogP contribution >= 0.6 is 0 Å². The van der Waals surface area contributed by atoms with Gasteiger partial charge in [0.2, 0.25) is 0 Å². The average molecular weight is 279 g/mol. The van der Waals surface area contributed by atoms with Gasteiger partial charge >= 0.3 is 0 Å². The summed E-state index contributed by atoms with van der Waals surface area (Å²) in [5.74, 6) is -0.350. The van der Waals surface area contributed by atoms with Crippen LogP contribution in [0, 0.1) is 0 Å². The topological polar surface area (TPSA) is 84.1 Å². The smallest absolute Gasteiger partial charge is 0.256 e. The third-order valence-electron chi connectivity index (χ3n) is 3.56. The van der Waals surface area contributed by atoms with Gasteiger partial charge in [0.1, 0.15) is 11.7 Å². The Hall–Kier alpha value is -2.09. The Morgan fingerprint density at radius 2 is 2.40 bits per heavy atom. The maximum atomic E-state index is 13.5. The number of aryl methyl sites for hydroxylation is 1. The lowest BCUT2D eigenvalue weighted by molar-refractivity contribution is 0.0674. The molecule has 106 valence electrons. The standard InChI is InChI=1S/C12H14FN5O2/c1-17-11-10(15-16-17)9(2-3-14-11)12(20)18-5-7(13)4-8(18)6-19/h2-3,7-8,19H,4-6H2,1H3. The number of hydrogen-bond acceptors (Lipinski definition) is 5. The zero-order valence-corrected chi connectivity index (χ0v) is 10.9. The van der Waals surface area contributed by atoms with Crippen LogP contribution in [0.25, 0.3) is 11.2 Å². The van der Waals surface area contributed by atoms with E-state index in [1.54, 1.807) is 13.1 Å². The zero-order chi connectivity index (χ0) is 14.3. The molecule has 2 aromatic heterocycles. The lowest BCUT2D eigenvalue weighted by atomic mass is 10.2. The number of hydrogen-bond donors (Lipinski definition) is 1. The van der Waals surface area contributed by atoms with Crippen molar-refractivity contribution >= 4 is 17.1 Å². The summed E-state index contributed by atoms with van der Waals surface area (Å²) >= 11 is 0. The first-order valence-electron chi connectivity index (χ1n) is 6.32. The minimum absolute atomic E-state index is 0.00582. The summed E-state index contributed by atoms with van der Waals surface area (Å²) in [5.41, 5.74) is 1.21. The number of carbonyl (C=O) groups is 1. The van der Waals surface area contributed by atoms with E-state index in [-0.39, 0.29) is 25.5 Å². The third kappa shape index (κ3) is 1.92. The van der Waals surface area contributed by atoms with Gasteiger partial charge in [-0.3, -0.25) is 4.79 Å². The number of fused-ring (bicyclic) bond motifs is 1. The summed E-state index contributed by atoms with van der Waals surface area (Å²) in [4.78, 5) is 18.0. The fraction of sp³-hybridized carbons (Fsp3) is 0.500. The minimum Gasteiger partial charge on any atom is -0.394 e. The summed E-state index contributed by atoms with van der Waals surface area (Å²) in [5, 5.41) is 17.0. The van der Waals surface area contributed by atoms with E-state index in [4.69, 9.17) is 0 Å². The van der Waals surface area contributed by atoms with E-state index in [1.165, 1.54) is 15.8 Å². The number of amides is 1. The number of aromatic nitrogens is 4. The molecule has 1 fully saturated rings. The number of aliphatic hydroxyl groups excluding tert-OH is 1. The molecule has 0 aliphatic carbocycles. The van der Waals surface area contributed by atoms with Gasteiger partial charge in [-0.05, 0) is 6.07 Å². The third-order valence-corrected chi connectivity index (χ3v) is 3.56. The highest BCUT2D eigenvalue weighted by molar-refractivity contribution is 6.04. The fourth-order valence-corrected chi connectivity index (χ4v) is 2.54. The molecular formula is C12H14FN5O2. The van der Waals surface area contributed by atoms with Gasteiger partial charge < -0.3 is 10.0 Å². The van der Waals surface area contributed by atoms with Crippen LogP contribution in [0.5, 0.6) is 0 Å². The highest BCUT2D eigenvalue weighted by Gasteiger charge is 2.36. The molecule has 3 rings (SSSR count). The molecule has 1 aliphatic rings. The average Bonchev–Trinajstić information content (AvgIpc) is 3.01. The van der Waals surface area contributed by atoms with E-state index in [0.29, 0.717) is 16.7 Å². The van der Waals surface area contributed by atoms with Gasteiger partial charge in [-0.15, -0.1) is 5.10 Å². The van der Waals surface area contributed by atoms with E-state index >= 15 is 0 Å². The fourth-order valence-electron chi connectivity index (χ4n) is 2.54. The lowest BCUT2D eigenvalue weighted by Crippen LogP contribution is -2.38. The molecule has 3 heterocycles. The number of pyridine rings is 1. The van der Waals surface area contributed by atoms with Gasteiger partial charge in [-0.2, -0.15) is 0 Å². The molecule has 20 heavy (non-hydrogen) atoms. The molecule has 1 saturated heterocycles. The first-order valence-corrected chi connectivity index (χ1v) is 6.32. The highest BCUT2D eigenvalue weighted by Crippen LogP contribution is 2.24. The Morgan fingerprint density at radius 3 is 3.15 bits per heavy atom. The molecule has 0 saturated carbocycles. The molecule has 2 atom stereocenters. The van der Waals surface area contributed by atoms with Crippen molar-refractivity contribution in [3.63, 3.8) is 0 Å². The van der Waals surface area contributed by atoms with Crippen LogP contribution in [0.4, 0.5) is 4.39 Å². The van der Waals surface area contributed by atoms with Crippen LogP contribution < -0.4 is 0 Å².